The molecule has 80 valence electrons. The standard InChI is InChI=1S/C11H14ClN3/c1-7(2)5-10-14-11(13)9-6-8(12)3-4-15(9)10/h3-4,6-7H,5,13H2,1-2H3. The number of fused-ring (bicyclic) bond motifs is 1. The van der Waals surface area contributed by atoms with Crippen LogP contribution in [0.2, 0.25) is 5.02 Å². The summed E-state index contributed by atoms with van der Waals surface area (Å²) < 4.78 is 2.00. The van der Waals surface area contributed by atoms with E-state index in [9.17, 15) is 0 Å². The van der Waals surface area contributed by atoms with Crippen molar-refractivity contribution in [1.29, 1.82) is 0 Å². The zero-order valence-corrected chi connectivity index (χ0v) is 9.62. The van der Waals surface area contributed by atoms with Crippen LogP contribution in [0.3, 0.4) is 0 Å². The lowest BCUT2D eigenvalue weighted by Crippen LogP contribution is -2.00. The molecule has 15 heavy (non-hydrogen) atoms. The van der Waals surface area contributed by atoms with E-state index in [1.54, 1.807) is 0 Å². The number of hydrogen-bond acceptors (Lipinski definition) is 2. The first-order valence-corrected chi connectivity index (χ1v) is 5.37. The minimum atomic E-state index is 0.549. The van der Waals surface area contributed by atoms with E-state index in [-0.39, 0.29) is 0 Å². The monoisotopic (exact) mass is 223 g/mol. The smallest absolute Gasteiger partial charge is 0.149 e. The molecule has 0 aliphatic carbocycles. The van der Waals surface area contributed by atoms with Gasteiger partial charge in [0, 0.05) is 17.6 Å². The van der Waals surface area contributed by atoms with E-state index in [4.69, 9.17) is 17.3 Å². The molecule has 2 aromatic rings. The van der Waals surface area contributed by atoms with Gasteiger partial charge in [-0.25, -0.2) is 4.98 Å². The highest BCUT2D eigenvalue weighted by Crippen LogP contribution is 2.20. The highest BCUT2D eigenvalue weighted by molar-refractivity contribution is 6.31. The summed E-state index contributed by atoms with van der Waals surface area (Å²) >= 11 is 5.91. The number of aromatic nitrogens is 2. The predicted molar refractivity (Wildman–Crippen MR) is 63.2 cm³/mol. The molecule has 0 fully saturated rings. The van der Waals surface area contributed by atoms with Gasteiger partial charge in [0.15, 0.2) is 0 Å². The fourth-order valence-corrected chi connectivity index (χ4v) is 1.82. The molecule has 0 aromatic carbocycles. The summed E-state index contributed by atoms with van der Waals surface area (Å²) in [4.78, 5) is 4.35. The normalized spacial score (nSPS) is 11.5. The Hall–Kier alpha value is -1.22. The third-order valence-corrected chi connectivity index (χ3v) is 2.53. The Bertz CT molecular complexity index is 488. The second-order valence-corrected chi connectivity index (χ2v) is 4.55. The van der Waals surface area contributed by atoms with E-state index in [1.165, 1.54) is 0 Å². The van der Waals surface area contributed by atoms with Crippen LogP contribution >= 0.6 is 11.6 Å². The molecule has 0 saturated carbocycles. The van der Waals surface area contributed by atoms with Gasteiger partial charge in [0.1, 0.15) is 11.6 Å². The van der Waals surface area contributed by atoms with Crippen molar-refractivity contribution in [2.45, 2.75) is 20.3 Å². The summed E-state index contributed by atoms with van der Waals surface area (Å²) in [6, 6.07) is 3.69. The molecular formula is C11H14ClN3. The Labute approximate surface area is 93.9 Å². The molecule has 0 radical (unpaired) electrons. The fraction of sp³-hybridized carbons (Fsp3) is 0.364. The summed E-state index contributed by atoms with van der Waals surface area (Å²) in [5, 5.41) is 0.685. The van der Waals surface area contributed by atoms with Crippen molar-refractivity contribution in [3.63, 3.8) is 0 Å². The molecular weight excluding hydrogens is 210 g/mol. The number of nitrogen functional groups attached to an aromatic ring is 1. The number of nitrogens with two attached hydrogens (primary N) is 1. The van der Waals surface area contributed by atoms with Crippen LogP contribution in [-0.2, 0) is 6.42 Å². The molecule has 0 aliphatic heterocycles. The Balaban J connectivity index is 2.57. The molecule has 0 amide bonds. The van der Waals surface area contributed by atoms with Crippen LogP contribution in [0.15, 0.2) is 18.3 Å². The molecule has 2 aromatic heterocycles. The lowest BCUT2D eigenvalue weighted by molar-refractivity contribution is 0.619. The summed E-state index contributed by atoms with van der Waals surface area (Å²) in [6.45, 7) is 4.32. The molecule has 2 rings (SSSR count). The zero-order chi connectivity index (χ0) is 11.0. The van der Waals surface area contributed by atoms with Gasteiger partial charge in [-0.3, -0.25) is 0 Å². The first-order valence-electron chi connectivity index (χ1n) is 5.00. The first kappa shape index (κ1) is 10.3. The van der Waals surface area contributed by atoms with E-state index in [1.807, 2.05) is 22.7 Å². The van der Waals surface area contributed by atoms with Crippen LogP contribution < -0.4 is 5.73 Å². The van der Waals surface area contributed by atoms with E-state index in [2.05, 4.69) is 18.8 Å². The van der Waals surface area contributed by atoms with Gasteiger partial charge in [-0.1, -0.05) is 25.4 Å². The van der Waals surface area contributed by atoms with Crippen LogP contribution in [0.1, 0.15) is 19.7 Å². The average Bonchev–Trinajstić information content (AvgIpc) is 2.42. The number of nitrogens with zero attached hydrogens (tertiary/aromatic N) is 2. The molecule has 2 heterocycles. The molecule has 3 nitrogen and oxygen atoms in total. The van der Waals surface area contributed by atoms with E-state index in [0.717, 1.165) is 17.8 Å². The molecule has 0 saturated heterocycles. The van der Waals surface area contributed by atoms with Crippen molar-refractivity contribution in [3.8, 4) is 0 Å². The maximum Gasteiger partial charge on any atom is 0.149 e. The molecule has 0 unspecified atom stereocenters. The second kappa shape index (κ2) is 3.74. The average molecular weight is 224 g/mol. The third-order valence-electron chi connectivity index (χ3n) is 2.30. The Morgan fingerprint density at radius 3 is 2.93 bits per heavy atom. The van der Waals surface area contributed by atoms with Crippen LogP contribution in [-0.4, -0.2) is 9.38 Å². The lowest BCUT2D eigenvalue weighted by atomic mass is 10.1. The molecule has 0 bridgehead atoms. The number of imidazole rings is 1. The van der Waals surface area contributed by atoms with Gasteiger partial charge < -0.3 is 10.1 Å². The fourth-order valence-electron chi connectivity index (χ4n) is 1.66. The van der Waals surface area contributed by atoms with Crippen molar-refractivity contribution >= 4 is 22.9 Å². The van der Waals surface area contributed by atoms with Crippen molar-refractivity contribution in [3.05, 3.63) is 29.2 Å². The summed E-state index contributed by atoms with van der Waals surface area (Å²) in [6.07, 6.45) is 2.83. The van der Waals surface area contributed by atoms with Gasteiger partial charge in [-0.15, -0.1) is 0 Å². The van der Waals surface area contributed by atoms with E-state index in [0.29, 0.717) is 16.8 Å². The number of halogens is 1. The predicted octanol–water partition coefficient (Wildman–Crippen LogP) is 2.77. The summed E-state index contributed by atoms with van der Waals surface area (Å²) in [7, 11) is 0. The topological polar surface area (TPSA) is 43.3 Å². The molecule has 4 heteroatoms. The van der Waals surface area contributed by atoms with Gasteiger partial charge in [0.2, 0.25) is 0 Å². The molecule has 0 spiro atoms. The van der Waals surface area contributed by atoms with Crippen molar-refractivity contribution in [2.24, 2.45) is 5.92 Å². The Morgan fingerprint density at radius 2 is 2.27 bits per heavy atom. The summed E-state index contributed by atoms with van der Waals surface area (Å²) in [5.74, 6) is 2.10. The highest BCUT2D eigenvalue weighted by atomic mass is 35.5. The molecule has 2 N–H and O–H groups in total. The lowest BCUT2D eigenvalue weighted by Gasteiger charge is -2.03. The Kier molecular flexibility index (Phi) is 2.57. The zero-order valence-electron chi connectivity index (χ0n) is 8.87. The van der Waals surface area contributed by atoms with Gasteiger partial charge in [-0.05, 0) is 18.1 Å². The molecule has 0 aliphatic rings. The van der Waals surface area contributed by atoms with E-state index < -0.39 is 0 Å². The van der Waals surface area contributed by atoms with Gasteiger partial charge >= 0.3 is 0 Å². The maximum atomic E-state index is 5.91. The van der Waals surface area contributed by atoms with Gasteiger partial charge in [-0.2, -0.15) is 0 Å². The summed E-state index contributed by atoms with van der Waals surface area (Å²) in [5.41, 5.74) is 6.72. The second-order valence-electron chi connectivity index (χ2n) is 4.11. The minimum absolute atomic E-state index is 0.549. The number of anilines is 1. The SMILES string of the molecule is CC(C)Cc1nc(N)c2cc(Cl)ccn12. The van der Waals surface area contributed by atoms with Gasteiger partial charge in [0.25, 0.3) is 0 Å². The largest absolute Gasteiger partial charge is 0.382 e. The number of rotatable bonds is 2. The quantitative estimate of drug-likeness (QED) is 0.851. The maximum absolute atomic E-state index is 5.91. The van der Waals surface area contributed by atoms with Gasteiger partial charge in [0.05, 0.1) is 5.52 Å². The van der Waals surface area contributed by atoms with Crippen molar-refractivity contribution in [2.75, 3.05) is 5.73 Å². The Morgan fingerprint density at radius 1 is 1.53 bits per heavy atom. The highest BCUT2D eigenvalue weighted by Gasteiger charge is 2.09. The minimum Gasteiger partial charge on any atom is -0.382 e. The first-order chi connectivity index (χ1) is 7.08. The van der Waals surface area contributed by atoms with Crippen LogP contribution in [0.4, 0.5) is 5.82 Å². The third kappa shape index (κ3) is 1.92. The number of hydrogen-bond donors (Lipinski definition) is 1. The van der Waals surface area contributed by atoms with E-state index >= 15 is 0 Å². The van der Waals surface area contributed by atoms with Crippen LogP contribution in [0, 0.1) is 5.92 Å². The number of pyridine rings is 1. The van der Waals surface area contributed by atoms with Crippen LogP contribution in [0.5, 0.6) is 0 Å². The van der Waals surface area contributed by atoms with Crippen molar-refractivity contribution in [1.82, 2.24) is 9.38 Å². The molecule has 0 atom stereocenters. The van der Waals surface area contributed by atoms with Crippen molar-refractivity contribution < 1.29 is 0 Å². The van der Waals surface area contributed by atoms with Crippen LogP contribution in [0.25, 0.3) is 5.52 Å².